The zero-order valence-electron chi connectivity index (χ0n) is 19.5. The van der Waals surface area contributed by atoms with E-state index < -0.39 is 27.6 Å². The SMILES string of the molecule is CS(=O)(=O)N(c1ncccc1CNc1nc(Nc2cccc3c2NC(=O)C3)ncc1C(F)(F)F)C1CC1. The van der Waals surface area contributed by atoms with Crippen LogP contribution in [0, 0.1) is 0 Å². The number of amides is 1. The third kappa shape index (κ3) is 5.28. The fraction of sp³-hybridized carbons (Fsp3) is 0.304. The van der Waals surface area contributed by atoms with Gasteiger partial charge in [0.15, 0.2) is 0 Å². The molecule has 1 aliphatic heterocycles. The highest BCUT2D eigenvalue weighted by Crippen LogP contribution is 2.37. The number of benzene rings is 1. The molecule has 10 nitrogen and oxygen atoms in total. The molecule has 1 aliphatic carbocycles. The number of rotatable bonds is 8. The molecule has 2 aromatic heterocycles. The van der Waals surface area contributed by atoms with Gasteiger partial charge in [0.2, 0.25) is 21.9 Å². The Labute approximate surface area is 210 Å². The standard InChI is InChI=1S/C23H22F3N7O3S/c1-37(35,36)33(15-7-8-15)21-14(5-3-9-27-21)11-28-20-16(23(24,25)26)12-29-22(32-20)30-17-6-2-4-13-10-18(34)31-19(13)17/h2-6,9,12,15H,7-8,10-11H2,1H3,(H,31,34)(H2,28,29,30,32). The highest BCUT2D eigenvalue weighted by Gasteiger charge is 2.38. The van der Waals surface area contributed by atoms with E-state index in [4.69, 9.17) is 0 Å². The van der Waals surface area contributed by atoms with Crippen LogP contribution in [-0.4, -0.2) is 41.6 Å². The van der Waals surface area contributed by atoms with Crippen molar-refractivity contribution < 1.29 is 26.4 Å². The number of nitrogens with zero attached hydrogens (tertiary/aromatic N) is 4. The summed E-state index contributed by atoms with van der Waals surface area (Å²) in [5, 5.41) is 8.27. The second-order valence-corrected chi connectivity index (χ2v) is 10.6. The van der Waals surface area contributed by atoms with Crippen molar-refractivity contribution >= 4 is 44.9 Å². The van der Waals surface area contributed by atoms with Crippen LogP contribution >= 0.6 is 0 Å². The van der Waals surface area contributed by atoms with Gasteiger partial charge in [-0.15, -0.1) is 0 Å². The van der Waals surface area contributed by atoms with Crippen molar-refractivity contribution in [1.29, 1.82) is 0 Å². The molecule has 0 saturated heterocycles. The van der Waals surface area contributed by atoms with Crippen LogP contribution in [0.15, 0.2) is 42.7 Å². The van der Waals surface area contributed by atoms with Crippen molar-refractivity contribution in [3.8, 4) is 0 Å². The third-order valence-corrected chi connectivity index (χ3v) is 7.05. The van der Waals surface area contributed by atoms with Gasteiger partial charge in [-0.1, -0.05) is 18.2 Å². The maximum Gasteiger partial charge on any atom is 0.421 e. The van der Waals surface area contributed by atoms with Gasteiger partial charge >= 0.3 is 6.18 Å². The number of nitrogens with one attached hydrogen (secondary N) is 3. The second-order valence-electron chi connectivity index (χ2n) is 8.77. The van der Waals surface area contributed by atoms with Crippen molar-refractivity contribution in [1.82, 2.24) is 15.0 Å². The average molecular weight is 534 g/mol. The second kappa shape index (κ2) is 9.18. The van der Waals surface area contributed by atoms with Crippen LogP contribution in [0.1, 0.15) is 29.5 Å². The summed E-state index contributed by atoms with van der Waals surface area (Å²) < 4.78 is 67.3. The number of hydrogen-bond donors (Lipinski definition) is 3. The molecule has 0 spiro atoms. The number of alkyl halides is 3. The fourth-order valence-corrected chi connectivity index (χ4v) is 5.35. The van der Waals surface area contributed by atoms with Crippen LogP contribution in [0.3, 0.4) is 0 Å². The summed E-state index contributed by atoms with van der Waals surface area (Å²) in [5.41, 5.74) is 1.01. The Kier molecular flexibility index (Phi) is 6.14. The largest absolute Gasteiger partial charge is 0.421 e. The summed E-state index contributed by atoms with van der Waals surface area (Å²) in [6.07, 6.45) is -0.0125. The van der Waals surface area contributed by atoms with Crippen LogP contribution in [-0.2, 0) is 34.0 Å². The Morgan fingerprint density at radius 3 is 2.65 bits per heavy atom. The first-order valence-electron chi connectivity index (χ1n) is 11.3. The molecule has 3 heterocycles. The van der Waals surface area contributed by atoms with Crippen molar-refractivity contribution in [2.75, 3.05) is 26.5 Å². The summed E-state index contributed by atoms with van der Waals surface area (Å²) in [7, 11) is -3.64. The predicted molar refractivity (Wildman–Crippen MR) is 131 cm³/mol. The van der Waals surface area contributed by atoms with E-state index in [1.165, 1.54) is 10.5 Å². The van der Waals surface area contributed by atoms with E-state index in [0.717, 1.165) is 11.8 Å². The minimum atomic E-state index is -4.74. The van der Waals surface area contributed by atoms with E-state index in [2.05, 4.69) is 30.9 Å². The van der Waals surface area contributed by atoms with Gasteiger partial charge in [-0.05, 0) is 30.5 Å². The first-order chi connectivity index (χ1) is 17.5. The molecule has 0 radical (unpaired) electrons. The van der Waals surface area contributed by atoms with Crippen molar-refractivity contribution in [3.05, 3.63) is 59.4 Å². The lowest BCUT2D eigenvalue weighted by Crippen LogP contribution is -2.33. The monoisotopic (exact) mass is 533 g/mol. The molecule has 37 heavy (non-hydrogen) atoms. The van der Waals surface area contributed by atoms with E-state index in [9.17, 15) is 26.4 Å². The lowest BCUT2D eigenvalue weighted by atomic mass is 10.1. The maximum atomic E-state index is 13.7. The highest BCUT2D eigenvalue weighted by molar-refractivity contribution is 7.92. The van der Waals surface area contributed by atoms with Gasteiger partial charge in [-0.2, -0.15) is 18.2 Å². The quantitative estimate of drug-likeness (QED) is 0.400. The van der Waals surface area contributed by atoms with Crippen LogP contribution in [0.25, 0.3) is 0 Å². The fourth-order valence-electron chi connectivity index (χ4n) is 4.12. The Morgan fingerprint density at radius 1 is 1.16 bits per heavy atom. The van der Waals surface area contributed by atoms with E-state index >= 15 is 0 Å². The molecule has 1 saturated carbocycles. The van der Waals surface area contributed by atoms with Crippen LogP contribution < -0.4 is 20.3 Å². The van der Waals surface area contributed by atoms with Crippen LogP contribution in [0.5, 0.6) is 0 Å². The summed E-state index contributed by atoms with van der Waals surface area (Å²) in [6, 6.07) is 8.08. The number of carbonyl (C=O) groups excluding carboxylic acids is 1. The number of halogens is 3. The topological polar surface area (TPSA) is 129 Å². The first-order valence-corrected chi connectivity index (χ1v) is 13.2. The van der Waals surface area contributed by atoms with Gasteiger partial charge in [-0.3, -0.25) is 9.10 Å². The number of para-hydroxylation sites is 1. The number of carbonyl (C=O) groups is 1. The van der Waals surface area contributed by atoms with Gasteiger partial charge in [0.05, 0.1) is 24.1 Å². The number of pyridine rings is 1. The van der Waals surface area contributed by atoms with Gasteiger partial charge in [-0.25, -0.2) is 18.4 Å². The number of fused-ring (bicyclic) bond motifs is 1. The molecule has 0 atom stereocenters. The van der Waals surface area contributed by atoms with Gasteiger partial charge in [0.1, 0.15) is 17.2 Å². The number of aromatic nitrogens is 3. The number of hydrogen-bond acceptors (Lipinski definition) is 8. The molecular formula is C23H22F3N7O3S. The van der Waals surface area contributed by atoms with E-state index in [1.807, 2.05) is 0 Å². The van der Waals surface area contributed by atoms with Gasteiger partial charge in [0, 0.05) is 30.5 Å². The molecule has 1 aromatic carbocycles. The molecule has 5 rings (SSSR count). The summed E-state index contributed by atoms with van der Waals surface area (Å²) in [6.45, 7) is -0.168. The molecule has 194 valence electrons. The van der Waals surface area contributed by atoms with Gasteiger partial charge < -0.3 is 16.0 Å². The molecule has 14 heteroatoms. The molecule has 0 bridgehead atoms. The van der Waals surface area contributed by atoms with Crippen LogP contribution in [0.2, 0.25) is 0 Å². The third-order valence-electron chi connectivity index (χ3n) is 5.87. The summed E-state index contributed by atoms with van der Waals surface area (Å²) in [5.74, 6) is -0.640. The zero-order chi connectivity index (χ0) is 26.4. The minimum absolute atomic E-state index is 0.118. The normalized spacial score (nSPS) is 15.2. The minimum Gasteiger partial charge on any atom is -0.365 e. The first kappa shape index (κ1) is 24.7. The molecular weight excluding hydrogens is 511 g/mol. The number of anilines is 5. The van der Waals surface area contributed by atoms with Crippen molar-refractivity contribution in [2.24, 2.45) is 0 Å². The zero-order valence-corrected chi connectivity index (χ0v) is 20.3. The molecule has 2 aliphatic rings. The number of sulfonamides is 1. The van der Waals surface area contributed by atoms with Crippen molar-refractivity contribution in [3.63, 3.8) is 0 Å². The molecule has 3 aromatic rings. The van der Waals surface area contributed by atoms with E-state index in [1.54, 1.807) is 30.3 Å². The molecule has 3 N–H and O–H groups in total. The molecule has 1 amide bonds. The maximum absolute atomic E-state index is 13.7. The van der Waals surface area contributed by atoms with Crippen molar-refractivity contribution in [2.45, 2.75) is 38.0 Å². The smallest absolute Gasteiger partial charge is 0.365 e. The lowest BCUT2D eigenvalue weighted by molar-refractivity contribution is -0.137. The molecule has 0 unspecified atom stereocenters. The highest BCUT2D eigenvalue weighted by atomic mass is 32.2. The van der Waals surface area contributed by atoms with E-state index in [0.29, 0.717) is 36.0 Å². The summed E-state index contributed by atoms with van der Waals surface area (Å²) in [4.78, 5) is 23.8. The van der Waals surface area contributed by atoms with Crippen LogP contribution in [0.4, 0.5) is 42.1 Å². The Balaban J connectivity index is 1.44. The Bertz CT molecular complexity index is 1480. The predicted octanol–water partition coefficient (Wildman–Crippen LogP) is 3.67. The Hall–Kier alpha value is -3.94. The lowest BCUT2D eigenvalue weighted by Gasteiger charge is -2.23. The average Bonchev–Trinajstić information content (AvgIpc) is 3.56. The molecule has 1 fully saturated rings. The Morgan fingerprint density at radius 2 is 1.95 bits per heavy atom. The van der Waals surface area contributed by atoms with Gasteiger partial charge in [0.25, 0.3) is 0 Å². The van der Waals surface area contributed by atoms with E-state index in [-0.39, 0.29) is 36.7 Å². The summed E-state index contributed by atoms with van der Waals surface area (Å²) >= 11 is 0.